The van der Waals surface area contributed by atoms with Crippen molar-refractivity contribution in [2.75, 3.05) is 19.6 Å². The maximum Gasteiger partial charge on any atom is 0.0192 e. The summed E-state index contributed by atoms with van der Waals surface area (Å²) in [5.74, 6) is 0. The predicted molar refractivity (Wildman–Crippen MR) is 82.7 cm³/mol. The van der Waals surface area contributed by atoms with Gasteiger partial charge in [0.1, 0.15) is 0 Å². The van der Waals surface area contributed by atoms with Crippen LogP contribution in [0.3, 0.4) is 0 Å². The molecule has 1 unspecified atom stereocenters. The Labute approximate surface area is 118 Å². The van der Waals surface area contributed by atoms with Crippen molar-refractivity contribution in [3.63, 3.8) is 0 Å². The lowest BCUT2D eigenvalue weighted by Crippen LogP contribution is -2.42. The van der Waals surface area contributed by atoms with Gasteiger partial charge in [0.2, 0.25) is 0 Å². The average Bonchev–Trinajstić information content (AvgIpc) is 2.47. The maximum atomic E-state index is 3.58. The molecule has 1 saturated heterocycles. The van der Waals surface area contributed by atoms with Crippen molar-refractivity contribution >= 4 is 0 Å². The molecule has 0 amide bonds. The van der Waals surface area contributed by atoms with E-state index in [1.807, 2.05) is 0 Å². The zero-order valence-electron chi connectivity index (χ0n) is 12.3. The van der Waals surface area contributed by atoms with Crippen LogP contribution >= 0.6 is 0 Å². The zero-order chi connectivity index (χ0) is 13.3. The fraction of sp³-hybridized carbons (Fsp3) is 0.647. The van der Waals surface area contributed by atoms with Gasteiger partial charge in [-0.2, -0.15) is 0 Å². The SMILES string of the molecule is CCCc1ccc(CCNCC2CCCCN2)cc1. The first-order chi connectivity index (χ1) is 9.38. The number of hydrogen-bond acceptors (Lipinski definition) is 2. The van der Waals surface area contributed by atoms with E-state index in [-0.39, 0.29) is 0 Å². The minimum atomic E-state index is 0.695. The Morgan fingerprint density at radius 3 is 2.47 bits per heavy atom. The van der Waals surface area contributed by atoms with Crippen LogP contribution in [-0.2, 0) is 12.8 Å². The molecule has 0 aliphatic carbocycles. The second-order valence-corrected chi connectivity index (χ2v) is 5.67. The third-order valence-electron chi connectivity index (χ3n) is 3.96. The summed E-state index contributed by atoms with van der Waals surface area (Å²) < 4.78 is 0. The van der Waals surface area contributed by atoms with Crippen LogP contribution in [0.25, 0.3) is 0 Å². The minimum Gasteiger partial charge on any atom is -0.315 e. The normalized spacial score (nSPS) is 19.5. The van der Waals surface area contributed by atoms with Gasteiger partial charge in [0, 0.05) is 12.6 Å². The van der Waals surface area contributed by atoms with Gasteiger partial charge in [-0.15, -0.1) is 0 Å². The quantitative estimate of drug-likeness (QED) is 0.737. The standard InChI is InChI=1S/C17H28N2/c1-2-5-15-7-9-16(10-8-15)11-13-18-14-17-6-3-4-12-19-17/h7-10,17-19H,2-6,11-14H2,1H3. The van der Waals surface area contributed by atoms with Crippen LogP contribution in [-0.4, -0.2) is 25.7 Å². The van der Waals surface area contributed by atoms with E-state index in [4.69, 9.17) is 0 Å². The van der Waals surface area contributed by atoms with Gasteiger partial charge in [-0.05, 0) is 49.9 Å². The number of piperidine rings is 1. The van der Waals surface area contributed by atoms with Crippen LogP contribution in [0, 0.1) is 0 Å². The van der Waals surface area contributed by atoms with Gasteiger partial charge in [-0.1, -0.05) is 44.0 Å². The Morgan fingerprint density at radius 1 is 1.11 bits per heavy atom. The molecule has 1 fully saturated rings. The Kier molecular flexibility index (Phi) is 6.38. The summed E-state index contributed by atoms with van der Waals surface area (Å²) >= 11 is 0. The van der Waals surface area contributed by atoms with Gasteiger partial charge >= 0.3 is 0 Å². The first-order valence-corrected chi connectivity index (χ1v) is 7.90. The molecule has 0 saturated carbocycles. The smallest absolute Gasteiger partial charge is 0.0192 e. The average molecular weight is 260 g/mol. The van der Waals surface area contributed by atoms with Gasteiger partial charge in [0.05, 0.1) is 0 Å². The van der Waals surface area contributed by atoms with Gasteiger partial charge in [0.15, 0.2) is 0 Å². The van der Waals surface area contributed by atoms with E-state index in [1.54, 1.807) is 0 Å². The summed E-state index contributed by atoms with van der Waals surface area (Å²) in [6.07, 6.45) is 7.64. The van der Waals surface area contributed by atoms with Crippen LogP contribution in [0.2, 0.25) is 0 Å². The topological polar surface area (TPSA) is 24.1 Å². The minimum absolute atomic E-state index is 0.695. The van der Waals surface area contributed by atoms with E-state index in [9.17, 15) is 0 Å². The Bertz CT molecular complexity index is 339. The van der Waals surface area contributed by atoms with E-state index >= 15 is 0 Å². The zero-order valence-corrected chi connectivity index (χ0v) is 12.3. The molecule has 1 heterocycles. The van der Waals surface area contributed by atoms with Crippen molar-refractivity contribution in [3.8, 4) is 0 Å². The monoisotopic (exact) mass is 260 g/mol. The van der Waals surface area contributed by atoms with Crippen molar-refractivity contribution in [1.29, 1.82) is 0 Å². The molecule has 0 aromatic heterocycles. The number of rotatable bonds is 7. The lowest BCUT2D eigenvalue weighted by molar-refractivity contribution is 0.384. The van der Waals surface area contributed by atoms with Gasteiger partial charge < -0.3 is 10.6 Å². The molecule has 2 heteroatoms. The van der Waals surface area contributed by atoms with E-state index in [0.29, 0.717) is 6.04 Å². The third-order valence-corrected chi connectivity index (χ3v) is 3.96. The first-order valence-electron chi connectivity index (χ1n) is 7.90. The lowest BCUT2D eigenvalue weighted by atomic mass is 10.0. The molecule has 0 radical (unpaired) electrons. The van der Waals surface area contributed by atoms with Crippen LogP contribution in [0.15, 0.2) is 24.3 Å². The van der Waals surface area contributed by atoms with Crippen molar-refractivity contribution in [3.05, 3.63) is 35.4 Å². The summed E-state index contributed by atoms with van der Waals surface area (Å²) in [7, 11) is 0. The van der Waals surface area contributed by atoms with Crippen LogP contribution in [0.5, 0.6) is 0 Å². The summed E-state index contributed by atoms with van der Waals surface area (Å²) in [6.45, 7) is 5.64. The maximum absolute atomic E-state index is 3.58. The molecule has 1 aliphatic rings. The van der Waals surface area contributed by atoms with Crippen LogP contribution < -0.4 is 10.6 Å². The second-order valence-electron chi connectivity index (χ2n) is 5.67. The van der Waals surface area contributed by atoms with E-state index < -0.39 is 0 Å². The fourth-order valence-electron chi connectivity index (χ4n) is 2.77. The summed E-state index contributed by atoms with van der Waals surface area (Å²) in [5.41, 5.74) is 2.91. The van der Waals surface area contributed by atoms with E-state index in [1.165, 1.54) is 49.8 Å². The highest BCUT2D eigenvalue weighted by Gasteiger charge is 2.10. The van der Waals surface area contributed by atoms with Crippen molar-refractivity contribution in [1.82, 2.24) is 10.6 Å². The fourth-order valence-corrected chi connectivity index (χ4v) is 2.77. The second kappa shape index (κ2) is 8.34. The first kappa shape index (κ1) is 14.5. The number of benzene rings is 1. The molecule has 0 spiro atoms. The molecule has 2 N–H and O–H groups in total. The van der Waals surface area contributed by atoms with E-state index in [0.717, 1.165) is 19.5 Å². The van der Waals surface area contributed by atoms with Crippen LogP contribution in [0.1, 0.15) is 43.7 Å². The Balaban J connectivity index is 1.62. The van der Waals surface area contributed by atoms with Gasteiger partial charge in [-0.3, -0.25) is 0 Å². The Morgan fingerprint density at radius 2 is 1.84 bits per heavy atom. The summed E-state index contributed by atoms with van der Waals surface area (Å²) in [5, 5.41) is 7.16. The van der Waals surface area contributed by atoms with Crippen molar-refractivity contribution < 1.29 is 0 Å². The van der Waals surface area contributed by atoms with Gasteiger partial charge in [-0.25, -0.2) is 0 Å². The third kappa shape index (κ3) is 5.33. The molecule has 19 heavy (non-hydrogen) atoms. The highest BCUT2D eigenvalue weighted by Crippen LogP contribution is 2.08. The lowest BCUT2D eigenvalue weighted by Gasteiger charge is -2.23. The summed E-state index contributed by atoms with van der Waals surface area (Å²) in [6, 6.07) is 9.82. The molecule has 1 aromatic rings. The van der Waals surface area contributed by atoms with Crippen LogP contribution in [0.4, 0.5) is 0 Å². The van der Waals surface area contributed by atoms with E-state index in [2.05, 4.69) is 41.8 Å². The molecular formula is C17H28N2. The molecule has 1 atom stereocenters. The molecule has 106 valence electrons. The molecular weight excluding hydrogens is 232 g/mol. The molecule has 1 aromatic carbocycles. The highest BCUT2D eigenvalue weighted by atomic mass is 15.0. The van der Waals surface area contributed by atoms with Gasteiger partial charge in [0.25, 0.3) is 0 Å². The Hall–Kier alpha value is -0.860. The number of aryl methyl sites for hydroxylation is 1. The summed E-state index contributed by atoms with van der Waals surface area (Å²) in [4.78, 5) is 0. The number of nitrogens with one attached hydrogen (secondary N) is 2. The molecule has 2 rings (SSSR count). The number of hydrogen-bond donors (Lipinski definition) is 2. The molecule has 2 nitrogen and oxygen atoms in total. The van der Waals surface area contributed by atoms with Crippen molar-refractivity contribution in [2.24, 2.45) is 0 Å². The van der Waals surface area contributed by atoms with Crippen molar-refractivity contribution in [2.45, 2.75) is 51.5 Å². The largest absolute Gasteiger partial charge is 0.315 e. The molecule has 0 bridgehead atoms. The highest BCUT2D eigenvalue weighted by molar-refractivity contribution is 5.22. The predicted octanol–water partition coefficient (Wildman–Crippen LogP) is 2.91. The molecule has 1 aliphatic heterocycles.